The first kappa shape index (κ1) is 23.8. The summed E-state index contributed by atoms with van der Waals surface area (Å²) in [6.07, 6.45) is 2.78. The van der Waals surface area contributed by atoms with Crippen molar-refractivity contribution < 1.29 is 14.2 Å². The minimum absolute atomic E-state index is 0. The number of rotatable bonds is 12. The summed E-state index contributed by atoms with van der Waals surface area (Å²) in [7, 11) is 1.65. The fourth-order valence-electron chi connectivity index (χ4n) is 2.22. The summed E-state index contributed by atoms with van der Waals surface area (Å²) < 4.78 is 16.2. The maximum atomic E-state index is 5.83. The van der Waals surface area contributed by atoms with Crippen LogP contribution in [0.15, 0.2) is 23.2 Å². The number of aliphatic imine (C=N–C) groups is 1. The molecular weight excluding hydrogens is 433 g/mol. The van der Waals surface area contributed by atoms with Crippen LogP contribution in [0.4, 0.5) is 0 Å². The summed E-state index contributed by atoms with van der Waals surface area (Å²) in [5.41, 5.74) is 7.04. The number of ether oxygens (including phenoxy) is 3. The number of nitrogens with one attached hydrogen (secondary N) is 1. The van der Waals surface area contributed by atoms with E-state index in [1.54, 1.807) is 7.11 Å². The van der Waals surface area contributed by atoms with Gasteiger partial charge in [-0.3, -0.25) is 4.99 Å². The molecule has 1 rings (SSSR count). The minimum atomic E-state index is 0. The predicted molar refractivity (Wildman–Crippen MR) is 114 cm³/mol. The molecule has 0 heterocycles. The Labute approximate surface area is 168 Å². The van der Waals surface area contributed by atoms with Gasteiger partial charge in [0.2, 0.25) is 0 Å². The molecule has 0 amide bonds. The van der Waals surface area contributed by atoms with Gasteiger partial charge < -0.3 is 25.3 Å². The van der Waals surface area contributed by atoms with Crippen LogP contribution in [0.5, 0.6) is 11.5 Å². The molecule has 0 aliphatic carbocycles. The molecule has 0 saturated carbocycles. The van der Waals surface area contributed by atoms with E-state index in [0.717, 1.165) is 50.5 Å². The van der Waals surface area contributed by atoms with Crippen LogP contribution in [-0.4, -0.2) is 46.0 Å². The minimum Gasteiger partial charge on any atom is -0.493 e. The van der Waals surface area contributed by atoms with Gasteiger partial charge in [0.1, 0.15) is 0 Å². The molecule has 0 atom stereocenters. The number of guanidine groups is 1. The lowest BCUT2D eigenvalue weighted by Crippen LogP contribution is -2.33. The second-order valence-electron chi connectivity index (χ2n) is 5.27. The van der Waals surface area contributed by atoms with Gasteiger partial charge in [0.25, 0.3) is 0 Å². The molecule has 0 bridgehead atoms. The zero-order valence-corrected chi connectivity index (χ0v) is 17.9. The normalized spacial score (nSPS) is 10.9. The third-order valence-electron chi connectivity index (χ3n) is 3.41. The van der Waals surface area contributed by atoms with E-state index in [9.17, 15) is 0 Å². The van der Waals surface area contributed by atoms with Crippen molar-refractivity contribution in [3.8, 4) is 11.5 Å². The highest BCUT2D eigenvalue weighted by Crippen LogP contribution is 2.28. The number of hydrogen-bond donors (Lipinski definition) is 2. The Morgan fingerprint density at radius 1 is 1.16 bits per heavy atom. The Morgan fingerprint density at radius 3 is 2.64 bits per heavy atom. The van der Waals surface area contributed by atoms with Crippen LogP contribution in [-0.2, 0) is 11.2 Å². The Kier molecular flexibility index (Phi) is 14.3. The van der Waals surface area contributed by atoms with Crippen LogP contribution < -0.4 is 20.5 Å². The maximum absolute atomic E-state index is 5.83. The second kappa shape index (κ2) is 15.1. The Morgan fingerprint density at radius 2 is 1.96 bits per heavy atom. The summed E-state index contributed by atoms with van der Waals surface area (Å²) >= 11 is 0. The fraction of sp³-hybridized carbons (Fsp3) is 0.611. The molecule has 25 heavy (non-hydrogen) atoms. The quantitative estimate of drug-likeness (QED) is 0.215. The average molecular weight is 465 g/mol. The highest BCUT2D eigenvalue weighted by Gasteiger charge is 2.05. The van der Waals surface area contributed by atoms with Gasteiger partial charge in [0.05, 0.1) is 13.7 Å². The first-order valence-corrected chi connectivity index (χ1v) is 8.62. The van der Waals surface area contributed by atoms with Gasteiger partial charge in [0.15, 0.2) is 17.5 Å². The van der Waals surface area contributed by atoms with E-state index in [0.29, 0.717) is 19.1 Å². The lowest BCUT2D eigenvalue weighted by molar-refractivity contribution is 0.145. The molecule has 0 fully saturated rings. The molecule has 6 nitrogen and oxygen atoms in total. The van der Waals surface area contributed by atoms with Gasteiger partial charge in [-0.2, -0.15) is 0 Å². The first-order valence-electron chi connectivity index (χ1n) is 8.62. The number of nitrogens with two attached hydrogens (primary N) is 1. The molecule has 7 heteroatoms. The highest BCUT2D eigenvalue weighted by atomic mass is 127. The molecule has 0 aromatic heterocycles. The summed E-state index contributed by atoms with van der Waals surface area (Å²) in [5, 5.41) is 3.09. The average Bonchev–Trinajstić information content (AvgIpc) is 2.59. The van der Waals surface area contributed by atoms with Crippen LogP contribution in [0.3, 0.4) is 0 Å². The first-order chi connectivity index (χ1) is 11.7. The second-order valence-corrected chi connectivity index (χ2v) is 5.27. The van der Waals surface area contributed by atoms with Gasteiger partial charge >= 0.3 is 0 Å². The molecule has 0 aliphatic rings. The smallest absolute Gasteiger partial charge is 0.188 e. The monoisotopic (exact) mass is 465 g/mol. The fourth-order valence-corrected chi connectivity index (χ4v) is 2.22. The summed E-state index contributed by atoms with van der Waals surface area (Å²) in [6.45, 7) is 7.55. The van der Waals surface area contributed by atoms with E-state index in [4.69, 9.17) is 19.9 Å². The predicted octanol–water partition coefficient (Wildman–Crippen LogP) is 2.98. The van der Waals surface area contributed by atoms with E-state index >= 15 is 0 Å². The van der Waals surface area contributed by atoms with E-state index in [1.807, 2.05) is 26.0 Å². The van der Waals surface area contributed by atoms with Crippen molar-refractivity contribution in [2.24, 2.45) is 10.7 Å². The van der Waals surface area contributed by atoms with E-state index in [1.165, 1.54) is 5.56 Å². The third kappa shape index (κ3) is 10.4. The van der Waals surface area contributed by atoms with Gasteiger partial charge in [-0.05, 0) is 50.8 Å². The van der Waals surface area contributed by atoms with Gasteiger partial charge in [-0.1, -0.05) is 6.07 Å². The molecule has 0 radical (unpaired) electrons. The van der Waals surface area contributed by atoms with Crippen LogP contribution in [0.25, 0.3) is 0 Å². The Hall–Kier alpha value is -1.22. The van der Waals surface area contributed by atoms with Crippen LogP contribution in [0.2, 0.25) is 0 Å². The van der Waals surface area contributed by atoms with E-state index in [-0.39, 0.29) is 24.0 Å². The zero-order valence-electron chi connectivity index (χ0n) is 15.5. The molecule has 3 N–H and O–H groups in total. The van der Waals surface area contributed by atoms with Crippen molar-refractivity contribution >= 4 is 29.9 Å². The maximum Gasteiger partial charge on any atom is 0.188 e. The standard InChI is InChI=1S/C18H31N3O3.HI/c1-4-23-13-7-12-21-18(19)20-11-6-8-15-9-10-16(22-3)17(14-15)24-5-2;/h9-10,14H,4-8,11-13H2,1-3H3,(H3,19,20,21);1H. The van der Waals surface area contributed by atoms with Crippen LogP contribution >= 0.6 is 24.0 Å². The lowest BCUT2D eigenvalue weighted by Gasteiger charge is -2.11. The van der Waals surface area contributed by atoms with E-state index in [2.05, 4.69) is 16.4 Å². The molecule has 144 valence electrons. The van der Waals surface area contributed by atoms with Gasteiger partial charge in [-0.15, -0.1) is 24.0 Å². The number of benzene rings is 1. The molecular formula is C18H32IN3O3. The zero-order chi connectivity index (χ0) is 17.6. The molecule has 1 aromatic carbocycles. The molecule has 0 saturated heterocycles. The van der Waals surface area contributed by atoms with Crippen molar-refractivity contribution in [2.75, 3.05) is 40.0 Å². The molecule has 0 spiro atoms. The van der Waals surface area contributed by atoms with Crippen LogP contribution in [0.1, 0.15) is 32.3 Å². The SMILES string of the molecule is CCOCCCNC(N)=NCCCc1ccc(OC)c(OCC)c1.I. The van der Waals surface area contributed by atoms with Crippen molar-refractivity contribution in [1.29, 1.82) is 0 Å². The summed E-state index contributed by atoms with van der Waals surface area (Å²) in [4.78, 5) is 4.34. The largest absolute Gasteiger partial charge is 0.493 e. The van der Waals surface area contributed by atoms with Crippen molar-refractivity contribution in [2.45, 2.75) is 33.1 Å². The Balaban J connectivity index is 0.00000576. The number of nitrogens with zero attached hydrogens (tertiary/aromatic N) is 1. The summed E-state index contributed by atoms with van der Waals surface area (Å²) in [5.74, 6) is 2.05. The number of methoxy groups -OCH3 is 1. The van der Waals surface area contributed by atoms with Crippen molar-refractivity contribution in [3.05, 3.63) is 23.8 Å². The number of halogens is 1. The number of aryl methyl sites for hydroxylation is 1. The van der Waals surface area contributed by atoms with Crippen LogP contribution in [0, 0.1) is 0 Å². The molecule has 0 unspecified atom stereocenters. The Bertz CT molecular complexity index is 498. The highest BCUT2D eigenvalue weighted by molar-refractivity contribution is 14.0. The van der Waals surface area contributed by atoms with Gasteiger partial charge in [0, 0.05) is 26.3 Å². The molecule has 1 aromatic rings. The third-order valence-corrected chi connectivity index (χ3v) is 3.41. The van der Waals surface area contributed by atoms with Crippen molar-refractivity contribution in [3.63, 3.8) is 0 Å². The summed E-state index contributed by atoms with van der Waals surface area (Å²) in [6, 6.07) is 6.03. The lowest BCUT2D eigenvalue weighted by atomic mass is 10.1. The number of hydrogen-bond acceptors (Lipinski definition) is 4. The van der Waals surface area contributed by atoms with Crippen molar-refractivity contribution in [1.82, 2.24) is 5.32 Å². The van der Waals surface area contributed by atoms with E-state index < -0.39 is 0 Å². The van der Waals surface area contributed by atoms with Gasteiger partial charge in [-0.25, -0.2) is 0 Å². The topological polar surface area (TPSA) is 78.1 Å². The molecule has 0 aliphatic heterocycles.